The number of aliphatic carboxylic acids is 1. The molecule has 1 N–H and O–H groups in total. The van der Waals surface area contributed by atoms with Gasteiger partial charge in [0.1, 0.15) is 0 Å². The zero-order valence-corrected chi connectivity index (χ0v) is 11.8. The van der Waals surface area contributed by atoms with Gasteiger partial charge >= 0.3 is 5.97 Å². The van der Waals surface area contributed by atoms with Gasteiger partial charge < -0.3 is 5.11 Å². The molecule has 1 aliphatic carbocycles. The number of thiophene rings is 1. The first-order valence-corrected chi connectivity index (χ1v) is 7.22. The lowest BCUT2D eigenvalue weighted by Gasteiger charge is -2.16. The standard InChI is InChI=1S/C7H12O2.C5H3BrOS/c8-7(9)6-4-2-1-3-5-6;6-4-1-5(2-7)8-3-4/h6H,1-5H2,(H,8,9);1-3H. The Morgan fingerprint density at radius 2 is 2.06 bits per heavy atom. The van der Waals surface area contributed by atoms with Gasteiger partial charge in [-0.3, -0.25) is 9.59 Å². The average Bonchev–Trinajstić information content (AvgIpc) is 2.77. The van der Waals surface area contributed by atoms with Gasteiger partial charge in [-0.2, -0.15) is 0 Å². The summed E-state index contributed by atoms with van der Waals surface area (Å²) in [7, 11) is 0. The second kappa shape index (κ2) is 7.61. The minimum atomic E-state index is -0.602. The molecule has 5 heteroatoms. The predicted octanol–water partition coefficient (Wildman–Crippen LogP) is 3.97. The van der Waals surface area contributed by atoms with Crippen LogP contribution in [0.4, 0.5) is 0 Å². The van der Waals surface area contributed by atoms with Crippen molar-refractivity contribution in [2.24, 2.45) is 5.92 Å². The van der Waals surface area contributed by atoms with Crippen LogP contribution in [0, 0.1) is 5.92 Å². The Labute approximate surface area is 113 Å². The number of hydrogen-bond acceptors (Lipinski definition) is 3. The van der Waals surface area contributed by atoms with Crippen LogP contribution in [0.5, 0.6) is 0 Å². The first-order valence-electron chi connectivity index (χ1n) is 5.55. The van der Waals surface area contributed by atoms with Gasteiger partial charge in [0.25, 0.3) is 0 Å². The molecule has 1 aliphatic rings. The number of rotatable bonds is 2. The van der Waals surface area contributed by atoms with Crippen LogP contribution in [-0.4, -0.2) is 17.4 Å². The second-order valence-corrected chi connectivity index (χ2v) is 5.82. The van der Waals surface area contributed by atoms with Gasteiger partial charge in [-0.25, -0.2) is 0 Å². The predicted molar refractivity (Wildman–Crippen MR) is 71.6 cm³/mol. The van der Waals surface area contributed by atoms with Crippen molar-refractivity contribution in [1.29, 1.82) is 0 Å². The van der Waals surface area contributed by atoms with E-state index in [1.807, 2.05) is 5.38 Å². The third kappa shape index (κ3) is 5.46. The molecule has 0 aliphatic heterocycles. The van der Waals surface area contributed by atoms with Crippen LogP contribution in [0.1, 0.15) is 41.8 Å². The SMILES string of the molecule is O=C(O)C1CCCCC1.O=Cc1cc(Br)cs1. The van der Waals surface area contributed by atoms with Gasteiger partial charge in [0.15, 0.2) is 6.29 Å². The molecule has 0 spiro atoms. The molecular weight excluding hydrogens is 304 g/mol. The van der Waals surface area contributed by atoms with Crippen LogP contribution in [0.2, 0.25) is 0 Å². The monoisotopic (exact) mass is 318 g/mol. The highest BCUT2D eigenvalue weighted by Gasteiger charge is 2.19. The fourth-order valence-corrected chi connectivity index (χ4v) is 2.99. The van der Waals surface area contributed by atoms with Crippen molar-refractivity contribution in [3.05, 3.63) is 20.8 Å². The van der Waals surface area contributed by atoms with E-state index in [2.05, 4.69) is 15.9 Å². The van der Waals surface area contributed by atoms with Gasteiger partial charge in [-0.15, -0.1) is 11.3 Å². The maximum Gasteiger partial charge on any atom is 0.306 e. The molecule has 0 unspecified atom stereocenters. The summed E-state index contributed by atoms with van der Waals surface area (Å²) in [5.74, 6) is -0.631. The Kier molecular flexibility index (Phi) is 6.44. The largest absolute Gasteiger partial charge is 0.481 e. The van der Waals surface area contributed by atoms with E-state index in [0.717, 1.165) is 41.3 Å². The maximum absolute atomic E-state index is 10.4. The van der Waals surface area contributed by atoms with Crippen molar-refractivity contribution in [1.82, 2.24) is 0 Å². The molecule has 17 heavy (non-hydrogen) atoms. The molecule has 1 fully saturated rings. The summed E-state index contributed by atoms with van der Waals surface area (Å²) in [4.78, 5) is 21.1. The lowest BCUT2D eigenvalue weighted by molar-refractivity contribution is -0.142. The van der Waals surface area contributed by atoms with Crippen molar-refractivity contribution in [2.45, 2.75) is 32.1 Å². The first-order chi connectivity index (χ1) is 8.13. The minimum Gasteiger partial charge on any atom is -0.481 e. The van der Waals surface area contributed by atoms with E-state index in [0.29, 0.717) is 0 Å². The Morgan fingerprint density at radius 3 is 2.35 bits per heavy atom. The average molecular weight is 319 g/mol. The molecule has 1 saturated carbocycles. The zero-order valence-electron chi connectivity index (χ0n) is 9.39. The Balaban J connectivity index is 0.000000171. The summed E-state index contributed by atoms with van der Waals surface area (Å²) in [5, 5.41) is 10.4. The lowest BCUT2D eigenvalue weighted by Crippen LogP contribution is -2.16. The van der Waals surface area contributed by atoms with Crippen LogP contribution < -0.4 is 0 Å². The van der Waals surface area contributed by atoms with Crippen LogP contribution in [0.3, 0.4) is 0 Å². The molecule has 94 valence electrons. The molecule has 1 heterocycles. The van der Waals surface area contributed by atoms with Gasteiger partial charge in [0.2, 0.25) is 0 Å². The molecular formula is C12H15BrO3S. The number of carbonyl (C=O) groups excluding carboxylic acids is 1. The lowest BCUT2D eigenvalue weighted by atomic mass is 9.90. The van der Waals surface area contributed by atoms with Crippen molar-refractivity contribution in [3.8, 4) is 0 Å². The Bertz CT molecular complexity index is 370. The quantitative estimate of drug-likeness (QED) is 0.839. The van der Waals surface area contributed by atoms with E-state index >= 15 is 0 Å². The molecule has 1 aromatic heterocycles. The molecule has 0 amide bonds. The van der Waals surface area contributed by atoms with Gasteiger partial charge in [-0.1, -0.05) is 19.3 Å². The van der Waals surface area contributed by atoms with Crippen molar-refractivity contribution >= 4 is 39.5 Å². The summed E-state index contributed by atoms with van der Waals surface area (Å²) in [6.45, 7) is 0. The fraction of sp³-hybridized carbons (Fsp3) is 0.500. The number of carboxylic acid groups (broad SMARTS) is 1. The Morgan fingerprint density at radius 1 is 1.41 bits per heavy atom. The molecule has 1 aromatic rings. The zero-order chi connectivity index (χ0) is 12.7. The highest BCUT2D eigenvalue weighted by molar-refractivity contribution is 9.10. The fourth-order valence-electron chi connectivity index (χ4n) is 1.74. The molecule has 0 aromatic carbocycles. The van der Waals surface area contributed by atoms with E-state index in [-0.39, 0.29) is 5.92 Å². The topological polar surface area (TPSA) is 54.4 Å². The second-order valence-electron chi connectivity index (χ2n) is 3.96. The molecule has 0 bridgehead atoms. The van der Waals surface area contributed by atoms with Crippen LogP contribution in [-0.2, 0) is 4.79 Å². The summed E-state index contributed by atoms with van der Waals surface area (Å²) < 4.78 is 0.976. The van der Waals surface area contributed by atoms with Crippen LogP contribution in [0.15, 0.2) is 15.9 Å². The maximum atomic E-state index is 10.4. The number of halogens is 1. The van der Waals surface area contributed by atoms with Crippen LogP contribution >= 0.6 is 27.3 Å². The number of hydrogen-bond donors (Lipinski definition) is 1. The van der Waals surface area contributed by atoms with Gasteiger partial charge in [-0.05, 0) is 34.8 Å². The molecule has 3 nitrogen and oxygen atoms in total. The molecule has 2 rings (SSSR count). The highest BCUT2D eigenvalue weighted by Crippen LogP contribution is 2.23. The number of carbonyl (C=O) groups is 2. The molecule has 0 atom stereocenters. The summed E-state index contributed by atoms with van der Waals surface area (Å²) in [5.41, 5.74) is 0. The van der Waals surface area contributed by atoms with Crippen molar-refractivity contribution in [3.63, 3.8) is 0 Å². The van der Waals surface area contributed by atoms with E-state index < -0.39 is 5.97 Å². The summed E-state index contributed by atoms with van der Waals surface area (Å²) in [6, 6.07) is 1.79. The summed E-state index contributed by atoms with van der Waals surface area (Å²) in [6.07, 6.45) is 6.08. The number of carboxylic acids is 1. The van der Waals surface area contributed by atoms with Crippen molar-refractivity contribution in [2.75, 3.05) is 0 Å². The van der Waals surface area contributed by atoms with Gasteiger partial charge in [0, 0.05) is 9.85 Å². The molecule has 0 radical (unpaired) electrons. The van der Waals surface area contributed by atoms with E-state index in [1.165, 1.54) is 17.8 Å². The van der Waals surface area contributed by atoms with E-state index in [4.69, 9.17) is 5.11 Å². The van der Waals surface area contributed by atoms with E-state index in [9.17, 15) is 9.59 Å². The summed E-state index contributed by atoms with van der Waals surface area (Å²) >= 11 is 4.66. The third-order valence-corrected chi connectivity index (χ3v) is 4.28. The minimum absolute atomic E-state index is 0.0289. The normalized spacial score (nSPS) is 15.8. The van der Waals surface area contributed by atoms with Crippen molar-refractivity contribution < 1.29 is 14.7 Å². The van der Waals surface area contributed by atoms with Crippen LogP contribution in [0.25, 0.3) is 0 Å². The Hall–Kier alpha value is -0.680. The van der Waals surface area contributed by atoms with Gasteiger partial charge in [0.05, 0.1) is 10.8 Å². The number of aldehydes is 1. The first kappa shape index (κ1) is 14.4. The molecule has 0 saturated heterocycles. The highest BCUT2D eigenvalue weighted by atomic mass is 79.9. The van der Waals surface area contributed by atoms with E-state index in [1.54, 1.807) is 6.07 Å². The smallest absolute Gasteiger partial charge is 0.306 e. The third-order valence-electron chi connectivity index (χ3n) is 2.66.